The number of nitrogens with one attached hydrogen (secondary N) is 4. The Hall–Kier alpha value is -5.13. The number of hydrogen-bond acceptors (Lipinski definition) is 9. The summed E-state index contributed by atoms with van der Waals surface area (Å²) in [5.41, 5.74) is -1.45. The summed E-state index contributed by atoms with van der Waals surface area (Å²) >= 11 is 0. The standard InChI is InChI=1S/C32H46N6O9/c1-31(2,3)46-29(44)37-28(38-30(45)47-32(4,5)6)35-18-10-11-24(27(43)34-17-9-7-8-12-25(40)41)36-26(42)22(20-33)19-21-13-15-23(39)16-14-21/h13-16,19,24,39H,7-12,17-18H2,1-6H3,(H,34,43)(H,36,42)(H,40,41)(H2,35,37,38,44,45)/b22-19+/t24-/m0/s1. The molecule has 1 rings (SSSR count). The zero-order valence-corrected chi connectivity index (χ0v) is 27.8. The van der Waals surface area contributed by atoms with Gasteiger partial charge >= 0.3 is 18.2 Å². The first-order valence-corrected chi connectivity index (χ1v) is 15.2. The van der Waals surface area contributed by atoms with Crippen LogP contribution in [0.5, 0.6) is 5.75 Å². The van der Waals surface area contributed by atoms with Crippen molar-refractivity contribution in [3.05, 3.63) is 35.4 Å². The molecule has 0 saturated heterocycles. The number of phenolic OH excluding ortho intramolecular Hbond substituents is 1. The van der Waals surface area contributed by atoms with E-state index >= 15 is 0 Å². The molecule has 1 aromatic rings. The molecule has 0 saturated carbocycles. The van der Waals surface area contributed by atoms with Crippen molar-refractivity contribution in [3.8, 4) is 11.8 Å². The van der Waals surface area contributed by atoms with E-state index in [-0.39, 0.29) is 49.6 Å². The number of rotatable bonds is 14. The van der Waals surface area contributed by atoms with E-state index in [0.717, 1.165) is 0 Å². The number of unbranched alkanes of at least 4 members (excludes halogenated alkanes) is 2. The first-order chi connectivity index (χ1) is 21.9. The highest BCUT2D eigenvalue weighted by Gasteiger charge is 2.23. The van der Waals surface area contributed by atoms with Gasteiger partial charge in [0.25, 0.3) is 5.91 Å². The van der Waals surface area contributed by atoms with Gasteiger partial charge in [0.05, 0.1) is 0 Å². The van der Waals surface area contributed by atoms with Gasteiger partial charge in [-0.05, 0) is 91.0 Å². The van der Waals surface area contributed by atoms with Crippen LogP contribution in [0.4, 0.5) is 9.59 Å². The maximum Gasteiger partial charge on any atom is 0.437 e. The number of aliphatic carboxylic acids is 1. The van der Waals surface area contributed by atoms with Crippen molar-refractivity contribution < 1.29 is 43.7 Å². The van der Waals surface area contributed by atoms with Crippen LogP contribution in [0.3, 0.4) is 0 Å². The predicted octanol–water partition coefficient (Wildman–Crippen LogP) is 3.73. The number of carboxylic acid groups (broad SMARTS) is 1. The zero-order valence-electron chi connectivity index (χ0n) is 27.8. The number of aromatic hydroxyl groups is 1. The number of benzene rings is 1. The van der Waals surface area contributed by atoms with E-state index < -0.39 is 47.2 Å². The highest BCUT2D eigenvalue weighted by Crippen LogP contribution is 2.13. The molecule has 15 nitrogen and oxygen atoms in total. The molecular formula is C32H46N6O9. The normalized spacial score (nSPS) is 12.6. The lowest BCUT2D eigenvalue weighted by atomic mass is 10.1. The minimum Gasteiger partial charge on any atom is -0.508 e. The monoisotopic (exact) mass is 658 g/mol. The van der Waals surface area contributed by atoms with Crippen LogP contribution in [-0.2, 0) is 23.9 Å². The third-order valence-electron chi connectivity index (χ3n) is 5.74. The van der Waals surface area contributed by atoms with Gasteiger partial charge in [-0.15, -0.1) is 4.99 Å². The average Bonchev–Trinajstić information content (AvgIpc) is 2.93. The Morgan fingerprint density at radius 2 is 1.53 bits per heavy atom. The van der Waals surface area contributed by atoms with Gasteiger partial charge in [0.2, 0.25) is 11.9 Å². The second-order valence-corrected chi connectivity index (χ2v) is 12.4. The van der Waals surface area contributed by atoms with Crippen molar-refractivity contribution in [3.63, 3.8) is 0 Å². The molecule has 1 aromatic carbocycles. The summed E-state index contributed by atoms with van der Waals surface area (Å²) < 4.78 is 10.4. The van der Waals surface area contributed by atoms with Gasteiger partial charge in [-0.25, -0.2) is 9.59 Å². The summed E-state index contributed by atoms with van der Waals surface area (Å²) in [5.74, 6) is -2.45. The van der Waals surface area contributed by atoms with Crippen molar-refractivity contribution in [1.82, 2.24) is 21.3 Å². The van der Waals surface area contributed by atoms with Crippen molar-refractivity contribution >= 4 is 42.0 Å². The Morgan fingerprint density at radius 1 is 0.915 bits per heavy atom. The highest BCUT2D eigenvalue weighted by molar-refractivity contribution is 6.03. The maximum absolute atomic E-state index is 13.1. The van der Waals surface area contributed by atoms with Gasteiger partial charge in [0, 0.05) is 19.5 Å². The fraction of sp³-hybridized carbons (Fsp3) is 0.531. The Kier molecular flexibility index (Phi) is 16.5. The molecule has 0 radical (unpaired) electrons. The molecule has 0 aromatic heterocycles. The van der Waals surface area contributed by atoms with Gasteiger partial charge in [-0.3, -0.25) is 19.7 Å². The molecule has 4 amide bonds. The van der Waals surface area contributed by atoms with E-state index in [1.807, 2.05) is 6.07 Å². The Morgan fingerprint density at radius 3 is 2.11 bits per heavy atom. The third-order valence-corrected chi connectivity index (χ3v) is 5.74. The smallest absolute Gasteiger partial charge is 0.437 e. The quantitative estimate of drug-likeness (QED) is 0.0555. The van der Waals surface area contributed by atoms with Gasteiger partial charge in [0.1, 0.15) is 34.6 Å². The maximum atomic E-state index is 13.1. The molecular weight excluding hydrogens is 612 g/mol. The summed E-state index contributed by atoms with van der Waals surface area (Å²) in [7, 11) is 0. The van der Waals surface area contributed by atoms with E-state index in [4.69, 9.17) is 14.6 Å². The van der Waals surface area contributed by atoms with Crippen molar-refractivity contribution in [1.29, 1.82) is 5.26 Å². The number of alkyl carbamates (subject to hydrolysis) is 1. The molecule has 0 spiro atoms. The zero-order chi connectivity index (χ0) is 35.6. The van der Waals surface area contributed by atoms with Gasteiger partial charge in [0.15, 0.2) is 0 Å². The number of phenols is 1. The molecule has 0 unspecified atom stereocenters. The van der Waals surface area contributed by atoms with Crippen LogP contribution in [0.2, 0.25) is 0 Å². The number of guanidine groups is 1. The van der Waals surface area contributed by atoms with Crippen molar-refractivity contribution in [2.45, 2.75) is 97.3 Å². The van der Waals surface area contributed by atoms with Crippen LogP contribution in [0.15, 0.2) is 34.8 Å². The second-order valence-electron chi connectivity index (χ2n) is 12.4. The van der Waals surface area contributed by atoms with E-state index in [1.54, 1.807) is 41.5 Å². The first kappa shape index (κ1) is 39.9. The molecule has 258 valence electrons. The number of nitrogens with zero attached hydrogens (tertiary/aromatic N) is 2. The number of nitriles is 1. The summed E-state index contributed by atoms with van der Waals surface area (Å²) in [6, 6.07) is 6.57. The van der Waals surface area contributed by atoms with Crippen LogP contribution in [-0.4, -0.2) is 76.5 Å². The molecule has 0 bridgehead atoms. The molecule has 6 N–H and O–H groups in total. The van der Waals surface area contributed by atoms with E-state index in [0.29, 0.717) is 24.8 Å². The van der Waals surface area contributed by atoms with E-state index in [1.165, 1.54) is 30.3 Å². The number of carboxylic acids is 1. The molecule has 0 aliphatic heterocycles. The van der Waals surface area contributed by atoms with Crippen LogP contribution in [0.25, 0.3) is 6.08 Å². The minimum atomic E-state index is -1.08. The minimum absolute atomic E-state index is 0.0130. The number of carbonyl (C=O) groups is 5. The molecule has 0 fully saturated rings. The molecule has 0 heterocycles. The second kappa shape index (κ2) is 19.4. The summed E-state index contributed by atoms with van der Waals surface area (Å²) in [6.07, 6.45) is 1.35. The van der Waals surface area contributed by atoms with Crippen LogP contribution in [0, 0.1) is 11.3 Å². The number of carbonyl (C=O) groups excluding carboxylic acids is 4. The van der Waals surface area contributed by atoms with Crippen LogP contribution in [0.1, 0.15) is 85.6 Å². The fourth-order valence-corrected chi connectivity index (χ4v) is 3.70. The Bertz CT molecular complexity index is 1340. The highest BCUT2D eigenvalue weighted by atomic mass is 16.6. The topological polar surface area (TPSA) is 229 Å². The largest absolute Gasteiger partial charge is 0.508 e. The van der Waals surface area contributed by atoms with Gasteiger partial charge < -0.3 is 35.6 Å². The van der Waals surface area contributed by atoms with Crippen molar-refractivity contribution in [2.24, 2.45) is 4.99 Å². The third kappa shape index (κ3) is 19.1. The average molecular weight is 659 g/mol. The molecule has 1 atom stereocenters. The number of aliphatic imine (C=N–C) groups is 1. The fourth-order valence-electron chi connectivity index (χ4n) is 3.70. The summed E-state index contributed by atoms with van der Waals surface area (Å²) in [5, 5.41) is 38.4. The summed E-state index contributed by atoms with van der Waals surface area (Å²) in [6.45, 7) is 10.3. The lowest BCUT2D eigenvalue weighted by Gasteiger charge is -2.21. The molecule has 0 aliphatic carbocycles. The van der Waals surface area contributed by atoms with Crippen molar-refractivity contribution in [2.75, 3.05) is 13.1 Å². The number of amides is 4. The molecule has 15 heteroatoms. The van der Waals surface area contributed by atoms with Gasteiger partial charge in [-0.2, -0.15) is 5.26 Å². The molecule has 47 heavy (non-hydrogen) atoms. The summed E-state index contributed by atoms with van der Waals surface area (Å²) in [4.78, 5) is 65.2. The van der Waals surface area contributed by atoms with Crippen LogP contribution >= 0.6 is 0 Å². The lowest BCUT2D eigenvalue weighted by Crippen LogP contribution is -2.48. The predicted molar refractivity (Wildman–Crippen MR) is 173 cm³/mol. The lowest BCUT2D eigenvalue weighted by molar-refractivity contribution is -0.137. The van der Waals surface area contributed by atoms with E-state index in [9.17, 15) is 34.3 Å². The molecule has 0 aliphatic rings. The first-order valence-electron chi connectivity index (χ1n) is 15.2. The SMILES string of the molecule is CC(C)(C)OC(=O)/N=C(/NCCC[C@H](NC(=O)/C(C#N)=C/c1ccc(O)cc1)C(=O)NCCCCCC(=O)O)NC(=O)OC(C)(C)C. The Labute approximate surface area is 274 Å². The van der Waals surface area contributed by atoms with E-state index in [2.05, 4.69) is 26.3 Å². The van der Waals surface area contributed by atoms with Crippen LogP contribution < -0.4 is 21.3 Å². The number of hydrogen-bond donors (Lipinski definition) is 6. The van der Waals surface area contributed by atoms with Gasteiger partial charge in [-0.1, -0.05) is 18.6 Å². The Balaban J connectivity index is 3.02. The number of ether oxygens (including phenoxy) is 2.